The van der Waals surface area contributed by atoms with Crippen LogP contribution in [0, 0.1) is 4.91 Å². The molecule has 3 nitrogen and oxygen atoms in total. The standard InChI is InChI=1S/C5H12N2O/c1-3-4-5(6-2)7-8/h5-6H,3-4H2,1-2H3. The maximum absolute atomic E-state index is 9.81. The normalized spacial score (nSPS) is 13.2. The van der Waals surface area contributed by atoms with Crippen molar-refractivity contribution in [1.29, 1.82) is 0 Å². The van der Waals surface area contributed by atoms with E-state index in [0.29, 0.717) is 0 Å². The summed E-state index contributed by atoms with van der Waals surface area (Å²) in [4.78, 5) is 9.81. The van der Waals surface area contributed by atoms with Gasteiger partial charge in [-0.1, -0.05) is 18.5 Å². The SMILES string of the molecule is CCCC(N=O)NC. The van der Waals surface area contributed by atoms with Gasteiger partial charge >= 0.3 is 0 Å². The first-order chi connectivity index (χ1) is 3.85. The summed E-state index contributed by atoms with van der Waals surface area (Å²) in [6.45, 7) is 2.02. The van der Waals surface area contributed by atoms with Crippen molar-refractivity contribution in [3.63, 3.8) is 0 Å². The Morgan fingerprint density at radius 1 is 1.75 bits per heavy atom. The van der Waals surface area contributed by atoms with Crippen molar-refractivity contribution in [1.82, 2.24) is 5.32 Å². The molecule has 0 rings (SSSR count). The van der Waals surface area contributed by atoms with Gasteiger partial charge in [0, 0.05) is 0 Å². The molecule has 48 valence electrons. The number of rotatable bonds is 4. The fourth-order valence-electron chi connectivity index (χ4n) is 0.523. The molecule has 0 radical (unpaired) electrons. The van der Waals surface area contributed by atoms with Crippen molar-refractivity contribution < 1.29 is 0 Å². The Kier molecular flexibility index (Phi) is 4.45. The van der Waals surface area contributed by atoms with Crippen LogP contribution in [0.2, 0.25) is 0 Å². The lowest BCUT2D eigenvalue weighted by Crippen LogP contribution is -2.21. The molecule has 0 amide bonds. The van der Waals surface area contributed by atoms with Crippen molar-refractivity contribution >= 4 is 0 Å². The molecule has 0 fully saturated rings. The highest BCUT2D eigenvalue weighted by Gasteiger charge is 1.99. The van der Waals surface area contributed by atoms with Crippen LogP contribution in [-0.2, 0) is 0 Å². The Balaban J connectivity index is 3.21. The first kappa shape index (κ1) is 7.56. The minimum Gasteiger partial charge on any atom is -0.296 e. The molecule has 0 aromatic heterocycles. The van der Waals surface area contributed by atoms with Gasteiger partial charge in [-0.3, -0.25) is 5.32 Å². The molecule has 0 heterocycles. The highest BCUT2D eigenvalue weighted by molar-refractivity contribution is 4.57. The molecule has 1 atom stereocenters. The molecule has 8 heavy (non-hydrogen) atoms. The van der Waals surface area contributed by atoms with Gasteiger partial charge in [-0.2, -0.15) is 0 Å². The first-order valence-corrected chi connectivity index (χ1v) is 2.84. The first-order valence-electron chi connectivity index (χ1n) is 2.84. The van der Waals surface area contributed by atoms with Gasteiger partial charge < -0.3 is 0 Å². The number of nitrogens with zero attached hydrogens (tertiary/aromatic N) is 1. The van der Waals surface area contributed by atoms with Crippen LogP contribution in [0.1, 0.15) is 19.8 Å². The molecule has 0 spiro atoms. The highest BCUT2D eigenvalue weighted by atomic mass is 16.3. The topological polar surface area (TPSA) is 41.5 Å². The molecule has 0 aliphatic carbocycles. The quantitative estimate of drug-likeness (QED) is 0.559. The molecule has 0 saturated heterocycles. The van der Waals surface area contributed by atoms with Crippen molar-refractivity contribution in [2.24, 2.45) is 5.18 Å². The predicted molar refractivity (Wildman–Crippen MR) is 33.6 cm³/mol. The Labute approximate surface area is 49.4 Å². The maximum Gasteiger partial charge on any atom is 0.142 e. The molecule has 1 unspecified atom stereocenters. The molecule has 0 saturated carbocycles. The molecule has 0 aliphatic rings. The van der Waals surface area contributed by atoms with Gasteiger partial charge in [-0.15, -0.1) is 4.91 Å². The average Bonchev–Trinajstić information content (AvgIpc) is 1.83. The van der Waals surface area contributed by atoms with E-state index in [9.17, 15) is 4.91 Å². The zero-order chi connectivity index (χ0) is 6.41. The molecule has 0 bridgehead atoms. The van der Waals surface area contributed by atoms with Crippen LogP contribution in [0.25, 0.3) is 0 Å². The number of hydrogen-bond donors (Lipinski definition) is 1. The van der Waals surface area contributed by atoms with Crippen molar-refractivity contribution in [3.05, 3.63) is 4.91 Å². The fraction of sp³-hybridized carbons (Fsp3) is 1.00. The molecule has 3 heteroatoms. The van der Waals surface area contributed by atoms with Crippen molar-refractivity contribution in [2.75, 3.05) is 7.05 Å². The summed E-state index contributed by atoms with van der Waals surface area (Å²) >= 11 is 0. The van der Waals surface area contributed by atoms with Crippen LogP contribution in [0.15, 0.2) is 5.18 Å². The second-order valence-corrected chi connectivity index (χ2v) is 1.70. The maximum atomic E-state index is 9.81. The molecular weight excluding hydrogens is 104 g/mol. The van der Waals surface area contributed by atoms with E-state index < -0.39 is 0 Å². The minimum atomic E-state index is -0.181. The summed E-state index contributed by atoms with van der Waals surface area (Å²) in [5.41, 5.74) is 0. The minimum absolute atomic E-state index is 0.181. The molecule has 1 N–H and O–H groups in total. The van der Waals surface area contributed by atoms with Crippen molar-refractivity contribution in [2.45, 2.75) is 25.9 Å². The second kappa shape index (κ2) is 4.71. The number of nitroso groups, excluding NO2 is 1. The summed E-state index contributed by atoms with van der Waals surface area (Å²) in [6, 6.07) is 0. The third-order valence-electron chi connectivity index (χ3n) is 1.02. The summed E-state index contributed by atoms with van der Waals surface area (Å²) in [5, 5.41) is 5.61. The third-order valence-corrected chi connectivity index (χ3v) is 1.02. The van der Waals surface area contributed by atoms with Crippen molar-refractivity contribution in [3.8, 4) is 0 Å². The lowest BCUT2D eigenvalue weighted by atomic mass is 10.3. The second-order valence-electron chi connectivity index (χ2n) is 1.70. The predicted octanol–water partition coefficient (Wildman–Crippen LogP) is 1.10. The molecule has 0 aromatic carbocycles. The van der Waals surface area contributed by atoms with E-state index in [-0.39, 0.29) is 6.17 Å². The van der Waals surface area contributed by atoms with E-state index in [4.69, 9.17) is 0 Å². The smallest absolute Gasteiger partial charge is 0.142 e. The lowest BCUT2D eigenvalue weighted by Gasteiger charge is -2.02. The van der Waals surface area contributed by atoms with E-state index in [1.165, 1.54) is 0 Å². The summed E-state index contributed by atoms with van der Waals surface area (Å²) in [6.07, 6.45) is 1.65. The van der Waals surface area contributed by atoms with E-state index >= 15 is 0 Å². The van der Waals surface area contributed by atoms with Crippen LogP contribution in [-0.4, -0.2) is 13.2 Å². The van der Waals surface area contributed by atoms with Gasteiger partial charge in [0.25, 0.3) is 0 Å². The number of nitrogens with one attached hydrogen (secondary N) is 1. The van der Waals surface area contributed by atoms with Crippen LogP contribution in [0.3, 0.4) is 0 Å². The van der Waals surface area contributed by atoms with Crippen LogP contribution in [0.4, 0.5) is 0 Å². The van der Waals surface area contributed by atoms with Gasteiger partial charge in [0.15, 0.2) is 0 Å². The van der Waals surface area contributed by atoms with Gasteiger partial charge in [0.1, 0.15) is 6.17 Å². The average molecular weight is 116 g/mol. The Hall–Kier alpha value is -0.440. The van der Waals surface area contributed by atoms with Gasteiger partial charge in [-0.05, 0) is 13.5 Å². The van der Waals surface area contributed by atoms with Gasteiger partial charge in [0.2, 0.25) is 0 Å². The highest BCUT2D eigenvalue weighted by Crippen LogP contribution is 1.94. The monoisotopic (exact) mass is 116 g/mol. The zero-order valence-electron chi connectivity index (χ0n) is 5.35. The third kappa shape index (κ3) is 2.69. The molecular formula is C5H12N2O. The van der Waals surface area contributed by atoms with E-state index in [1.807, 2.05) is 6.92 Å². The summed E-state index contributed by atoms with van der Waals surface area (Å²) < 4.78 is 0. The van der Waals surface area contributed by atoms with Gasteiger partial charge in [0.05, 0.1) is 0 Å². The Bertz CT molecular complexity index is 65.4. The molecule has 0 aromatic rings. The number of hydrogen-bond acceptors (Lipinski definition) is 3. The largest absolute Gasteiger partial charge is 0.296 e. The van der Waals surface area contributed by atoms with E-state index in [2.05, 4.69) is 10.5 Å². The van der Waals surface area contributed by atoms with Crippen LogP contribution in [0.5, 0.6) is 0 Å². The van der Waals surface area contributed by atoms with E-state index in [0.717, 1.165) is 12.8 Å². The summed E-state index contributed by atoms with van der Waals surface area (Å²) in [5.74, 6) is 0. The lowest BCUT2D eigenvalue weighted by molar-refractivity contribution is 0.533. The Morgan fingerprint density at radius 2 is 2.38 bits per heavy atom. The molecule has 0 aliphatic heterocycles. The van der Waals surface area contributed by atoms with Crippen LogP contribution >= 0.6 is 0 Å². The van der Waals surface area contributed by atoms with Crippen LogP contribution < -0.4 is 5.32 Å². The van der Waals surface area contributed by atoms with Gasteiger partial charge in [-0.25, -0.2) is 0 Å². The summed E-state index contributed by atoms with van der Waals surface area (Å²) in [7, 11) is 1.74. The van der Waals surface area contributed by atoms with E-state index in [1.54, 1.807) is 7.05 Å². The zero-order valence-corrected chi connectivity index (χ0v) is 5.35. The fourth-order valence-corrected chi connectivity index (χ4v) is 0.523. The Morgan fingerprint density at radius 3 is 2.50 bits per heavy atom.